The second-order valence-electron chi connectivity index (χ2n) is 16.4. The summed E-state index contributed by atoms with van der Waals surface area (Å²) in [5.41, 5.74) is 0. The molecule has 6 nitrogen and oxygen atoms in total. The van der Waals surface area contributed by atoms with Crippen LogP contribution in [0.3, 0.4) is 0 Å². The number of aliphatic hydroxyl groups is 2. The van der Waals surface area contributed by atoms with E-state index in [1.807, 2.05) is 6.08 Å². The molecule has 3 N–H and O–H groups in total. The van der Waals surface area contributed by atoms with Gasteiger partial charge in [0.2, 0.25) is 5.91 Å². The lowest BCUT2D eigenvalue weighted by atomic mass is 10.0. The van der Waals surface area contributed by atoms with Gasteiger partial charge in [0.1, 0.15) is 0 Å². The van der Waals surface area contributed by atoms with Crippen LogP contribution in [0, 0.1) is 0 Å². The van der Waals surface area contributed by atoms with E-state index in [2.05, 4.69) is 31.3 Å². The van der Waals surface area contributed by atoms with Gasteiger partial charge >= 0.3 is 5.97 Å². The van der Waals surface area contributed by atoms with Gasteiger partial charge in [0.15, 0.2) is 0 Å². The molecule has 0 heterocycles. The van der Waals surface area contributed by atoms with Crippen LogP contribution in [0.1, 0.15) is 251 Å². The number of unbranched alkanes of at least 4 members (excludes halogenated alkanes) is 31. The summed E-state index contributed by atoms with van der Waals surface area (Å²) in [5.74, 6) is -0.113. The predicted molar refractivity (Wildman–Crippen MR) is 236 cm³/mol. The number of ether oxygens (including phenoxy) is 1. The van der Waals surface area contributed by atoms with Crippen molar-refractivity contribution < 1.29 is 24.5 Å². The van der Waals surface area contributed by atoms with Crippen LogP contribution in [0.15, 0.2) is 24.3 Å². The number of hydrogen-bond acceptors (Lipinski definition) is 5. The maximum Gasteiger partial charge on any atom is 0.305 e. The Hall–Kier alpha value is -1.66. The van der Waals surface area contributed by atoms with Crippen LogP contribution < -0.4 is 5.32 Å². The number of amides is 1. The number of hydrogen-bond donors (Lipinski definition) is 3. The van der Waals surface area contributed by atoms with E-state index in [0.717, 1.165) is 57.8 Å². The molecule has 0 spiro atoms. The first-order valence-corrected chi connectivity index (χ1v) is 24.1. The Kier molecular flexibility index (Phi) is 43.7. The van der Waals surface area contributed by atoms with Crippen LogP contribution in [-0.2, 0) is 14.3 Å². The monoisotopic (exact) mass is 776 g/mol. The number of esters is 1. The summed E-state index contributed by atoms with van der Waals surface area (Å²) in [4.78, 5) is 24.4. The molecule has 0 saturated carbocycles. The zero-order valence-electron chi connectivity index (χ0n) is 36.7. The van der Waals surface area contributed by atoms with Gasteiger partial charge in [-0.3, -0.25) is 9.59 Å². The smallest absolute Gasteiger partial charge is 0.305 e. The first kappa shape index (κ1) is 53.3. The van der Waals surface area contributed by atoms with Crippen molar-refractivity contribution in [1.82, 2.24) is 5.32 Å². The van der Waals surface area contributed by atoms with Gasteiger partial charge in [-0.2, -0.15) is 0 Å². The second-order valence-corrected chi connectivity index (χ2v) is 16.4. The molecule has 0 bridgehead atoms. The maximum atomic E-state index is 12.4. The molecule has 0 saturated heterocycles. The number of carbonyl (C=O) groups is 2. The van der Waals surface area contributed by atoms with Crippen molar-refractivity contribution in [1.29, 1.82) is 0 Å². The van der Waals surface area contributed by atoms with Crippen molar-refractivity contribution in [2.24, 2.45) is 0 Å². The van der Waals surface area contributed by atoms with Crippen molar-refractivity contribution in [3.05, 3.63) is 24.3 Å². The summed E-state index contributed by atoms with van der Waals surface area (Å²) in [6, 6.07) is -0.641. The fourth-order valence-electron chi connectivity index (χ4n) is 7.21. The van der Waals surface area contributed by atoms with Crippen molar-refractivity contribution >= 4 is 11.9 Å². The van der Waals surface area contributed by atoms with E-state index in [-0.39, 0.29) is 18.5 Å². The standard InChI is InChI=1S/C49H93NO5/c1-3-5-7-9-11-13-15-17-19-23-27-31-35-39-43-49(54)55-44-40-36-32-28-24-20-22-26-30-34-38-42-48(53)50-46(45-51)47(52)41-37-33-29-25-21-18-16-14-12-10-8-6-4-2/h15,17,37,41,46-47,51-52H,3-14,16,18-36,38-40,42-45H2,1-2H3,(H,50,53)/b17-15-,41-37+. The number of rotatable bonds is 44. The summed E-state index contributed by atoms with van der Waals surface area (Å²) in [5, 5.41) is 23.0. The van der Waals surface area contributed by atoms with Crippen molar-refractivity contribution in [2.45, 2.75) is 264 Å². The molecule has 1 amide bonds. The highest BCUT2D eigenvalue weighted by Gasteiger charge is 2.18. The third kappa shape index (κ3) is 41.8. The Labute approximate surface area is 341 Å². The summed E-state index contributed by atoms with van der Waals surface area (Å²) in [7, 11) is 0. The Morgan fingerprint density at radius 2 is 0.855 bits per heavy atom. The van der Waals surface area contributed by atoms with E-state index in [1.54, 1.807) is 6.08 Å². The first-order valence-electron chi connectivity index (χ1n) is 24.1. The van der Waals surface area contributed by atoms with Crippen LogP contribution in [0.5, 0.6) is 0 Å². The lowest BCUT2D eigenvalue weighted by Gasteiger charge is -2.20. The minimum Gasteiger partial charge on any atom is -0.466 e. The number of aliphatic hydroxyl groups excluding tert-OH is 2. The van der Waals surface area contributed by atoms with Gasteiger partial charge in [-0.1, -0.05) is 205 Å². The topological polar surface area (TPSA) is 95.9 Å². The lowest BCUT2D eigenvalue weighted by molar-refractivity contribution is -0.143. The number of nitrogens with one attached hydrogen (secondary N) is 1. The van der Waals surface area contributed by atoms with Gasteiger partial charge in [-0.05, 0) is 57.8 Å². The van der Waals surface area contributed by atoms with Crippen LogP contribution >= 0.6 is 0 Å². The zero-order chi connectivity index (χ0) is 40.1. The minimum absolute atomic E-state index is 0.0246. The molecule has 2 unspecified atom stereocenters. The zero-order valence-corrected chi connectivity index (χ0v) is 36.7. The Bertz CT molecular complexity index is 858. The molecular weight excluding hydrogens is 683 g/mol. The molecule has 0 aliphatic carbocycles. The van der Waals surface area contributed by atoms with Gasteiger partial charge in [0.25, 0.3) is 0 Å². The summed E-state index contributed by atoms with van der Waals surface area (Å²) >= 11 is 0. The Morgan fingerprint density at radius 1 is 0.491 bits per heavy atom. The molecule has 0 radical (unpaired) electrons. The Balaban J connectivity index is 3.51. The molecule has 0 rings (SSSR count). The molecule has 0 aliphatic rings. The molecule has 0 aromatic heterocycles. The first-order chi connectivity index (χ1) is 27.0. The van der Waals surface area contributed by atoms with Gasteiger partial charge in [0, 0.05) is 12.8 Å². The molecule has 0 aromatic rings. The molecule has 324 valence electrons. The SMILES string of the molecule is CCCCCCC/C=C\CCCCCCCC(=O)OCCCCCCCCCCCCCC(=O)NC(CO)C(O)/C=C/CCCCCCCCCCCCC. The predicted octanol–water partition coefficient (Wildman–Crippen LogP) is 14.0. The molecule has 6 heteroatoms. The fourth-order valence-corrected chi connectivity index (χ4v) is 7.21. The maximum absolute atomic E-state index is 12.4. The molecule has 2 atom stereocenters. The molecule has 0 aliphatic heterocycles. The van der Waals surface area contributed by atoms with E-state index in [9.17, 15) is 19.8 Å². The largest absolute Gasteiger partial charge is 0.466 e. The Morgan fingerprint density at radius 3 is 1.29 bits per heavy atom. The fraction of sp³-hybridized carbons (Fsp3) is 0.878. The van der Waals surface area contributed by atoms with Gasteiger partial charge in [0.05, 0.1) is 25.4 Å². The van der Waals surface area contributed by atoms with Crippen molar-refractivity contribution in [2.75, 3.05) is 13.2 Å². The van der Waals surface area contributed by atoms with Gasteiger partial charge in [-0.15, -0.1) is 0 Å². The van der Waals surface area contributed by atoms with E-state index < -0.39 is 12.1 Å². The highest BCUT2D eigenvalue weighted by Crippen LogP contribution is 2.15. The van der Waals surface area contributed by atoms with E-state index >= 15 is 0 Å². The lowest BCUT2D eigenvalue weighted by Crippen LogP contribution is -2.45. The van der Waals surface area contributed by atoms with Gasteiger partial charge in [-0.25, -0.2) is 0 Å². The van der Waals surface area contributed by atoms with Crippen LogP contribution in [-0.4, -0.2) is 47.4 Å². The highest BCUT2D eigenvalue weighted by atomic mass is 16.5. The quantitative estimate of drug-likeness (QED) is 0.0325. The molecular formula is C49H93NO5. The molecule has 55 heavy (non-hydrogen) atoms. The second kappa shape index (κ2) is 45.0. The third-order valence-electron chi connectivity index (χ3n) is 11.0. The number of carbonyl (C=O) groups excluding carboxylic acids is 2. The van der Waals surface area contributed by atoms with Crippen LogP contribution in [0.4, 0.5) is 0 Å². The van der Waals surface area contributed by atoms with Crippen molar-refractivity contribution in [3.63, 3.8) is 0 Å². The average molecular weight is 776 g/mol. The molecule has 0 aromatic carbocycles. The third-order valence-corrected chi connectivity index (χ3v) is 11.0. The summed E-state index contributed by atoms with van der Waals surface area (Å²) < 4.78 is 5.44. The normalized spacial score (nSPS) is 12.9. The summed E-state index contributed by atoms with van der Waals surface area (Å²) in [6.45, 7) is 4.83. The van der Waals surface area contributed by atoms with Gasteiger partial charge < -0.3 is 20.3 Å². The highest BCUT2D eigenvalue weighted by molar-refractivity contribution is 5.76. The van der Waals surface area contributed by atoms with E-state index in [1.165, 1.54) is 167 Å². The van der Waals surface area contributed by atoms with Crippen molar-refractivity contribution in [3.8, 4) is 0 Å². The molecule has 0 fully saturated rings. The number of allylic oxidation sites excluding steroid dienone is 3. The van der Waals surface area contributed by atoms with E-state index in [0.29, 0.717) is 19.4 Å². The van der Waals surface area contributed by atoms with Crippen LogP contribution in [0.2, 0.25) is 0 Å². The van der Waals surface area contributed by atoms with Crippen LogP contribution in [0.25, 0.3) is 0 Å². The average Bonchev–Trinajstić information content (AvgIpc) is 3.18. The van der Waals surface area contributed by atoms with E-state index in [4.69, 9.17) is 4.74 Å². The summed E-state index contributed by atoms with van der Waals surface area (Å²) in [6.07, 6.45) is 51.6. The minimum atomic E-state index is -0.855.